The highest BCUT2D eigenvalue weighted by Crippen LogP contribution is 2.22. The van der Waals surface area contributed by atoms with E-state index >= 15 is 0 Å². The molecule has 3 aromatic rings. The molecule has 0 unspecified atom stereocenters. The van der Waals surface area contributed by atoms with Crippen molar-refractivity contribution in [1.82, 2.24) is 0 Å². The number of oxime groups is 1. The van der Waals surface area contributed by atoms with Crippen molar-refractivity contribution in [2.24, 2.45) is 5.16 Å². The molecule has 8 nitrogen and oxygen atoms in total. The smallest absolute Gasteiger partial charge is 0.338 e. The summed E-state index contributed by atoms with van der Waals surface area (Å²) in [5, 5.41) is 3.78. The first-order valence-corrected chi connectivity index (χ1v) is 12.5. The van der Waals surface area contributed by atoms with Crippen molar-refractivity contribution in [2.45, 2.75) is 38.8 Å². The molecule has 0 heterocycles. The van der Waals surface area contributed by atoms with Gasteiger partial charge in [-0.3, -0.25) is 0 Å². The second-order valence-electron chi connectivity index (χ2n) is 9.35. The van der Waals surface area contributed by atoms with Crippen molar-refractivity contribution in [1.29, 1.82) is 0 Å². The first-order valence-electron chi connectivity index (χ1n) is 12.5. The Balaban J connectivity index is 1.85. The van der Waals surface area contributed by atoms with Gasteiger partial charge in [-0.2, -0.15) is 0 Å². The molecule has 0 aliphatic rings. The molecule has 9 heteroatoms. The number of aryl methyl sites for hydroxylation is 3. The molecule has 0 N–H and O–H groups in total. The molecule has 0 aromatic heterocycles. The average Bonchev–Trinajstić information content (AvgIpc) is 2.93. The van der Waals surface area contributed by atoms with E-state index < -0.39 is 35.9 Å². The first-order chi connectivity index (χ1) is 18.7. The van der Waals surface area contributed by atoms with Crippen molar-refractivity contribution < 1.29 is 33.4 Å². The zero-order chi connectivity index (χ0) is 28.4. The summed E-state index contributed by atoms with van der Waals surface area (Å²) in [5.41, 5.74) is 4.01. The maximum absolute atomic E-state index is 13.1. The van der Waals surface area contributed by atoms with Gasteiger partial charge in [-0.15, -0.1) is 0 Å². The highest BCUT2D eigenvalue weighted by molar-refractivity contribution is 6.12. The monoisotopic (exact) mass is 529 g/mol. The van der Waals surface area contributed by atoms with E-state index in [4.69, 9.17) is 19.0 Å². The van der Waals surface area contributed by atoms with Crippen LogP contribution < -0.4 is 0 Å². The fourth-order valence-corrected chi connectivity index (χ4v) is 3.65. The van der Waals surface area contributed by atoms with E-state index in [9.17, 15) is 14.4 Å². The maximum atomic E-state index is 13.1. The van der Waals surface area contributed by atoms with Crippen LogP contribution in [-0.2, 0) is 19.0 Å². The third-order valence-electron chi connectivity index (χ3n) is 6.02. The minimum absolute atomic E-state index is 0.113. The molecule has 0 saturated heterocycles. The molecule has 0 aliphatic heterocycles. The second kappa shape index (κ2) is 14.0. The molecule has 0 spiro atoms. The van der Waals surface area contributed by atoms with Crippen LogP contribution in [0.2, 0.25) is 5.82 Å². The van der Waals surface area contributed by atoms with Crippen LogP contribution in [0.3, 0.4) is 0 Å². The second-order valence-corrected chi connectivity index (χ2v) is 9.35. The van der Waals surface area contributed by atoms with Crippen LogP contribution in [0.4, 0.5) is 0 Å². The summed E-state index contributed by atoms with van der Waals surface area (Å²) in [6.07, 6.45) is -0.948. The molecule has 0 aliphatic carbocycles. The highest BCUT2D eigenvalue weighted by atomic mass is 16.6. The van der Waals surface area contributed by atoms with Crippen molar-refractivity contribution >= 4 is 32.0 Å². The quantitative estimate of drug-likeness (QED) is 0.120. The fraction of sp³-hybridized carbons (Fsp3) is 0.267. The number of ether oxygens (including phenoxy) is 3. The molecule has 0 bridgehead atoms. The highest BCUT2D eigenvalue weighted by Gasteiger charge is 2.34. The SMILES string of the molecule is B[C@H](COC(=O)c1ccc(C)cc1)[C@H](OC(=O)c1ccc(C)cc1)[C@@H](/C=N/OC)OC(=O)c1ccc(C)cc1. The van der Waals surface area contributed by atoms with Crippen LogP contribution in [-0.4, -0.2) is 57.9 Å². The number of hydrogen-bond donors (Lipinski definition) is 0. The maximum Gasteiger partial charge on any atom is 0.338 e. The summed E-state index contributed by atoms with van der Waals surface area (Å²) >= 11 is 0. The van der Waals surface area contributed by atoms with Crippen LogP contribution in [0.1, 0.15) is 47.8 Å². The summed E-state index contributed by atoms with van der Waals surface area (Å²) in [6.45, 7) is 5.62. The van der Waals surface area contributed by atoms with Gasteiger partial charge < -0.3 is 19.0 Å². The molecule has 3 aromatic carbocycles. The Kier molecular flexibility index (Phi) is 10.4. The molecule has 0 saturated carbocycles. The minimum atomic E-state index is -1.14. The summed E-state index contributed by atoms with van der Waals surface area (Å²) in [6, 6.07) is 20.7. The lowest BCUT2D eigenvalue weighted by molar-refractivity contribution is -0.0235. The lowest BCUT2D eigenvalue weighted by atomic mass is 9.80. The first kappa shape index (κ1) is 29.2. The number of carbonyl (C=O) groups excluding carboxylic acids is 3. The predicted molar refractivity (Wildman–Crippen MR) is 150 cm³/mol. The number of benzene rings is 3. The minimum Gasteiger partial charge on any atom is -0.462 e. The standard InChI is InChI=1S/C30H32BNO7/c1-19-5-11-22(12-6-19)28(33)37-18-25(31)27(39-30(35)24-15-9-21(3)10-16-24)26(17-32-36-4)38-29(34)23-13-7-20(2)8-14-23/h5-17,25-27H,18,31H2,1-4H3/b32-17+/t25-,26-,27+/m1/s1. The van der Waals surface area contributed by atoms with Crippen molar-refractivity contribution in [3.05, 3.63) is 106 Å². The normalized spacial score (nSPS) is 13.2. The third kappa shape index (κ3) is 8.56. The third-order valence-corrected chi connectivity index (χ3v) is 6.02. The van der Waals surface area contributed by atoms with Gasteiger partial charge in [-0.1, -0.05) is 58.2 Å². The van der Waals surface area contributed by atoms with Crippen LogP contribution in [0.5, 0.6) is 0 Å². The topological polar surface area (TPSA) is 100 Å². The molecule has 3 atom stereocenters. The van der Waals surface area contributed by atoms with E-state index in [1.165, 1.54) is 13.3 Å². The van der Waals surface area contributed by atoms with E-state index in [0.717, 1.165) is 16.7 Å². The Morgan fingerprint density at radius 3 is 1.56 bits per heavy atom. The zero-order valence-corrected chi connectivity index (χ0v) is 22.7. The van der Waals surface area contributed by atoms with Gasteiger partial charge in [-0.05, 0) is 57.2 Å². The summed E-state index contributed by atoms with van der Waals surface area (Å²) in [7, 11) is 3.07. The number of carbonyl (C=O) groups is 3. The van der Waals surface area contributed by atoms with Crippen molar-refractivity contribution in [3.8, 4) is 0 Å². The van der Waals surface area contributed by atoms with Crippen LogP contribution in [0.25, 0.3) is 0 Å². The van der Waals surface area contributed by atoms with E-state index in [0.29, 0.717) is 16.7 Å². The molecular weight excluding hydrogens is 497 g/mol. The van der Waals surface area contributed by atoms with Crippen molar-refractivity contribution in [3.63, 3.8) is 0 Å². The molecular formula is C30H32BNO7. The summed E-state index contributed by atoms with van der Waals surface area (Å²) < 4.78 is 17.1. The molecule has 0 fully saturated rings. The predicted octanol–water partition coefficient (Wildman–Crippen LogP) is 4.27. The van der Waals surface area contributed by atoms with E-state index in [-0.39, 0.29) is 6.61 Å². The Labute approximate surface area is 229 Å². The lowest BCUT2D eigenvalue weighted by Crippen LogP contribution is -2.41. The van der Waals surface area contributed by atoms with Gasteiger partial charge in [0.05, 0.1) is 29.5 Å². The number of esters is 3. The Hall–Kier alpha value is -4.40. The molecule has 0 radical (unpaired) electrons. The molecule has 3 rings (SSSR count). The van der Waals surface area contributed by atoms with Gasteiger partial charge in [-0.25, -0.2) is 14.4 Å². The van der Waals surface area contributed by atoms with E-state index in [2.05, 4.69) is 5.16 Å². The molecule has 0 amide bonds. The zero-order valence-electron chi connectivity index (χ0n) is 22.7. The van der Waals surface area contributed by atoms with Gasteiger partial charge in [0, 0.05) is 5.82 Å². The van der Waals surface area contributed by atoms with Gasteiger partial charge in [0.25, 0.3) is 0 Å². The Bertz CT molecular complexity index is 1290. The Morgan fingerprint density at radius 1 is 0.718 bits per heavy atom. The summed E-state index contributed by atoms with van der Waals surface area (Å²) in [4.78, 5) is 43.5. The summed E-state index contributed by atoms with van der Waals surface area (Å²) in [5.74, 6) is -2.38. The molecule has 39 heavy (non-hydrogen) atoms. The van der Waals surface area contributed by atoms with Gasteiger partial charge >= 0.3 is 17.9 Å². The van der Waals surface area contributed by atoms with Crippen molar-refractivity contribution in [2.75, 3.05) is 13.7 Å². The van der Waals surface area contributed by atoms with E-state index in [1.54, 1.807) is 68.5 Å². The van der Waals surface area contributed by atoms with E-state index in [1.807, 2.05) is 32.9 Å². The van der Waals surface area contributed by atoms with Gasteiger partial charge in [0.15, 0.2) is 6.10 Å². The lowest BCUT2D eigenvalue weighted by Gasteiger charge is -2.29. The fourth-order valence-electron chi connectivity index (χ4n) is 3.65. The van der Waals surface area contributed by atoms with Gasteiger partial charge in [0.2, 0.25) is 0 Å². The largest absolute Gasteiger partial charge is 0.462 e. The average molecular weight is 529 g/mol. The van der Waals surface area contributed by atoms with Crippen LogP contribution >= 0.6 is 0 Å². The number of rotatable bonds is 11. The van der Waals surface area contributed by atoms with Crippen LogP contribution in [0.15, 0.2) is 78.0 Å². The van der Waals surface area contributed by atoms with Gasteiger partial charge in [0.1, 0.15) is 21.1 Å². The van der Waals surface area contributed by atoms with Crippen LogP contribution in [0, 0.1) is 20.8 Å². The number of hydrogen-bond acceptors (Lipinski definition) is 8. The molecule has 202 valence electrons. The number of nitrogens with zero attached hydrogens (tertiary/aromatic N) is 1. The Morgan fingerprint density at radius 2 is 1.13 bits per heavy atom.